The number of hydrogen-bond acceptors (Lipinski definition) is 3. The Labute approximate surface area is 101 Å². The lowest BCUT2D eigenvalue weighted by Crippen LogP contribution is -2.25. The summed E-state index contributed by atoms with van der Waals surface area (Å²) in [7, 11) is 0. The lowest BCUT2D eigenvalue weighted by atomic mass is 10.1. The van der Waals surface area contributed by atoms with Gasteiger partial charge in [0.05, 0.1) is 6.04 Å². The molecule has 0 amide bonds. The van der Waals surface area contributed by atoms with Gasteiger partial charge in [-0.2, -0.15) is 9.61 Å². The second-order valence-corrected chi connectivity index (χ2v) is 4.48. The molecule has 0 aliphatic heterocycles. The summed E-state index contributed by atoms with van der Waals surface area (Å²) in [4.78, 5) is 4.18. The molecule has 0 aliphatic carbocycles. The quantitative estimate of drug-likeness (QED) is 0.818. The van der Waals surface area contributed by atoms with Crippen molar-refractivity contribution in [2.75, 3.05) is 5.32 Å². The van der Waals surface area contributed by atoms with Crippen molar-refractivity contribution in [1.29, 1.82) is 0 Å². The Morgan fingerprint density at radius 1 is 1.41 bits per heavy atom. The number of aromatic nitrogens is 3. The Hall–Kier alpha value is -2.02. The first-order valence-electron chi connectivity index (χ1n) is 5.65. The summed E-state index contributed by atoms with van der Waals surface area (Å²) in [5, 5.41) is 7.50. The van der Waals surface area contributed by atoms with E-state index in [9.17, 15) is 0 Å². The second kappa shape index (κ2) is 4.46. The number of pyridine rings is 1. The van der Waals surface area contributed by atoms with Gasteiger partial charge in [-0.3, -0.25) is 0 Å². The van der Waals surface area contributed by atoms with Crippen LogP contribution in [0.1, 0.15) is 19.4 Å². The molecule has 0 radical (unpaired) electrons. The van der Waals surface area contributed by atoms with E-state index in [0.717, 1.165) is 17.0 Å². The number of nitrogens with zero attached hydrogens (tertiary/aromatic N) is 3. The minimum atomic E-state index is -0.0100. The van der Waals surface area contributed by atoms with Gasteiger partial charge in [-0.25, -0.2) is 4.98 Å². The molecule has 1 atom stereocenters. The fourth-order valence-electron chi connectivity index (χ4n) is 1.72. The molecule has 0 bridgehead atoms. The fraction of sp³-hybridized carbons (Fsp3) is 0.385. The summed E-state index contributed by atoms with van der Waals surface area (Å²) in [6.45, 7) is 6.21. The zero-order valence-corrected chi connectivity index (χ0v) is 10.3. The van der Waals surface area contributed by atoms with E-state index < -0.39 is 0 Å². The summed E-state index contributed by atoms with van der Waals surface area (Å²) in [6.07, 6.45) is 7.06. The molecular formula is C13H16N4. The van der Waals surface area contributed by atoms with E-state index in [1.165, 1.54) is 0 Å². The molecule has 0 spiro atoms. The molecule has 2 aromatic heterocycles. The van der Waals surface area contributed by atoms with E-state index in [4.69, 9.17) is 6.42 Å². The van der Waals surface area contributed by atoms with E-state index in [0.29, 0.717) is 5.92 Å². The van der Waals surface area contributed by atoms with Crippen molar-refractivity contribution in [3.8, 4) is 12.3 Å². The minimum absolute atomic E-state index is 0.0100. The molecule has 0 aromatic carbocycles. The lowest BCUT2D eigenvalue weighted by molar-refractivity contribution is 0.610. The van der Waals surface area contributed by atoms with Crippen LogP contribution in [0.5, 0.6) is 0 Å². The van der Waals surface area contributed by atoms with Crippen LogP contribution in [0.3, 0.4) is 0 Å². The summed E-state index contributed by atoms with van der Waals surface area (Å²) in [5.74, 6) is 4.00. The number of hydrogen-bond donors (Lipinski definition) is 1. The van der Waals surface area contributed by atoms with E-state index in [-0.39, 0.29) is 6.04 Å². The van der Waals surface area contributed by atoms with Crippen LogP contribution in [0.2, 0.25) is 0 Å². The van der Waals surface area contributed by atoms with Crippen LogP contribution in [0.25, 0.3) is 5.65 Å². The number of nitrogens with one attached hydrogen (secondary N) is 1. The van der Waals surface area contributed by atoms with Crippen molar-refractivity contribution in [3.63, 3.8) is 0 Å². The summed E-state index contributed by atoms with van der Waals surface area (Å²) in [6, 6.07) is 4.00. The Morgan fingerprint density at radius 3 is 2.82 bits per heavy atom. The molecule has 88 valence electrons. The molecule has 2 rings (SSSR count). The van der Waals surface area contributed by atoms with Gasteiger partial charge in [-0.05, 0) is 30.5 Å². The average Bonchev–Trinajstić information content (AvgIpc) is 2.72. The van der Waals surface area contributed by atoms with Gasteiger partial charge >= 0.3 is 0 Å². The van der Waals surface area contributed by atoms with Crippen LogP contribution in [0, 0.1) is 25.2 Å². The first kappa shape index (κ1) is 11.5. The van der Waals surface area contributed by atoms with Gasteiger partial charge in [-0.15, -0.1) is 6.42 Å². The van der Waals surface area contributed by atoms with Crippen molar-refractivity contribution in [3.05, 3.63) is 24.0 Å². The lowest BCUT2D eigenvalue weighted by Gasteiger charge is -2.18. The summed E-state index contributed by atoms with van der Waals surface area (Å²) in [5.41, 5.74) is 1.96. The molecule has 4 heteroatoms. The number of aryl methyl sites for hydroxylation is 1. The molecule has 1 unspecified atom stereocenters. The number of fused-ring (bicyclic) bond motifs is 1. The highest BCUT2D eigenvalue weighted by molar-refractivity contribution is 5.52. The van der Waals surface area contributed by atoms with E-state index >= 15 is 0 Å². The third kappa shape index (κ3) is 2.23. The monoisotopic (exact) mass is 228 g/mol. The van der Waals surface area contributed by atoms with Gasteiger partial charge in [0.2, 0.25) is 0 Å². The van der Waals surface area contributed by atoms with E-state index in [2.05, 4.69) is 35.2 Å². The summed E-state index contributed by atoms with van der Waals surface area (Å²) >= 11 is 0. The average molecular weight is 228 g/mol. The molecule has 0 aliphatic rings. The maximum absolute atomic E-state index is 5.52. The Bertz CT molecular complexity index is 562. The molecule has 4 nitrogen and oxygen atoms in total. The number of anilines is 1. The van der Waals surface area contributed by atoms with Crippen molar-refractivity contribution in [1.82, 2.24) is 14.6 Å². The van der Waals surface area contributed by atoms with Crippen LogP contribution < -0.4 is 5.32 Å². The van der Waals surface area contributed by atoms with Crippen LogP contribution in [-0.4, -0.2) is 20.6 Å². The van der Waals surface area contributed by atoms with Gasteiger partial charge in [-0.1, -0.05) is 19.8 Å². The summed E-state index contributed by atoms with van der Waals surface area (Å²) < 4.78 is 1.76. The van der Waals surface area contributed by atoms with Gasteiger partial charge in [0.15, 0.2) is 5.65 Å². The van der Waals surface area contributed by atoms with Gasteiger partial charge < -0.3 is 5.32 Å². The highest BCUT2D eigenvalue weighted by Gasteiger charge is 2.12. The van der Waals surface area contributed by atoms with Crippen LogP contribution in [0.15, 0.2) is 18.5 Å². The second-order valence-electron chi connectivity index (χ2n) is 4.48. The highest BCUT2D eigenvalue weighted by Crippen LogP contribution is 2.16. The zero-order chi connectivity index (χ0) is 12.4. The molecule has 2 heterocycles. The van der Waals surface area contributed by atoms with E-state index in [1.54, 1.807) is 10.8 Å². The Kier molecular flexibility index (Phi) is 3.01. The van der Waals surface area contributed by atoms with Crippen molar-refractivity contribution < 1.29 is 0 Å². The Morgan fingerprint density at radius 2 is 2.18 bits per heavy atom. The standard InChI is InChI=1S/C13H16N4/c1-5-11(9(2)3)16-13-7-10(4)6-12-14-8-15-17(12)13/h1,6-9,11,16H,2-4H3. The van der Waals surface area contributed by atoms with Gasteiger partial charge in [0.25, 0.3) is 0 Å². The fourth-order valence-corrected chi connectivity index (χ4v) is 1.72. The Balaban J connectivity index is 2.41. The van der Waals surface area contributed by atoms with Crippen molar-refractivity contribution >= 4 is 11.5 Å². The molecule has 17 heavy (non-hydrogen) atoms. The van der Waals surface area contributed by atoms with Crippen LogP contribution in [0.4, 0.5) is 5.82 Å². The van der Waals surface area contributed by atoms with Crippen LogP contribution in [-0.2, 0) is 0 Å². The smallest absolute Gasteiger partial charge is 0.157 e. The predicted octanol–water partition coefficient (Wildman–Crippen LogP) is 2.11. The zero-order valence-electron chi connectivity index (χ0n) is 10.3. The topological polar surface area (TPSA) is 42.2 Å². The maximum Gasteiger partial charge on any atom is 0.157 e. The SMILES string of the molecule is C#CC(Nc1cc(C)cc2ncnn12)C(C)C. The number of terminal acetylenes is 1. The molecule has 1 N–H and O–H groups in total. The molecular weight excluding hydrogens is 212 g/mol. The third-order valence-electron chi connectivity index (χ3n) is 2.67. The largest absolute Gasteiger partial charge is 0.356 e. The highest BCUT2D eigenvalue weighted by atomic mass is 15.3. The van der Waals surface area contributed by atoms with Gasteiger partial charge in [0, 0.05) is 0 Å². The first-order valence-corrected chi connectivity index (χ1v) is 5.65. The first-order chi connectivity index (χ1) is 8.11. The normalized spacial score (nSPS) is 12.6. The van der Waals surface area contributed by atoms with Crippen LogP contribution >= 0.6 is 0 Å². The van der Waals surface area contributed by atoms with Crippen molar-refractivity contribution in [2.45, 2.75) is 26.8 Å². The van der Waals surface area contributed by atoms with Gasteiger partial charge in [0.1, 0.15) is 12.1 Å². The van der Waals surface area contributed by atoms with E-state index in [1.807, 2.05) is 19.1 Å². The number of rotatable bonds is 3. The molecule has 0 saturated carbocycles. The minimum Gasteiger partial charge on any atom is -0.356 e. The third-order valence-corrected chi connectivity index (χ3v) is 2.67. The molecule has 0 saturated heterocycles. The maximum atomic E-state index is 5.52. The predicted molar refractivity (Wildman–Crippen MR) is 68.8 cm³/mol. The molecule has 0 fully saturated rings. The molecule has 2 aromatic rings. The van der Waals surface area contributed by atoms with Crippen molar-refractivity contribution in [2.24, 2.45) is 5.92 Å².